The van der Waals surface area contributed by atoms with E-state index in [1.54, 1.807) is 7.11 Å². The molecule has 4 rings (SSSR count). The average Bonchev–Trinajstić information content (AvgIpc) is 3.56. The van der Waals surface area contributed by atoms with Crippen LogP contribution in [0.25, 0.3) is 0 Å². The predicted molar refractivity (Wildman–Crippen MR) is 146 cm³/mol. The minimum atomic E-state index is -0.434. The summed E-state index contributed by atoms with van der Waals surface area (Å²) >= 11 is 0. The Bertz CT molecular complexity index is 943. The average molecular weight is 512 g/mol. The summed E-state index contributed by atoms with van der Waals surface area (Å²) in [6, 6.07) is 6.50. The number of fused-ring (bicyclic) bond motifs is 1. The van der Waals surface area contributed by atoms with Gasteiger partial charge in [-0.15, -0.1) is 0 Å². The zero-order chi connectivity index (χ0) is 26.3. The third-order valence-electron chi connectivity index (χ3n) is 8.74. The molecule has 2 N–H and O–H groups in total. The summed E-state index contributed by atoms with van der Waals surface area (Å²) in [5, 5.41) is 13.1. The van der Waals surface area contributed by atoms with Gasteiger partial charge in [0.15, 0.2) is 0 Å². The Hall–Kier alpha value is -2.31. The Morgan fingerprint density at radius 3 is 2.51 bits per heavy atom. The number of rotatable bonds is 13. The molecule has 1 aromatic carbocycles. The molecule has 1 aromatic rings. The Morgan fingerprint density at radius 2 is 1.81 bits per heavy atom. The van der Waals surface area contributed by atoms with Gasteiger partial charge in [0, 0.05) is 30.4 Å². The molecule has 2 saturated carbocycles. The molecule has 0 saturated heterocycles. The summed E-state index contributed by atoms with van der Waals surface area (Å²) in [6.45, 7) is 9.49. The molecule has 0 unspecified atom stereocenters. The van der Waals surface area contributed by atoms with Gasteiger partial charge in [-0.05, 0) is 87.5 Å². The van der Waals surface area contributed by atoms with E-state index in [2.05, 4.69) is 30.6 Å². The number of aliphatic hydroxyl groups excluding tert-OH is 1. The van der Waals surface area contributed by atoms with Crippen molar-refractivity contribution in [1.29, 1.82) is 0 Å². The minimum Gasteiger partial charge on any atom is -0.513 e. The number of hydrogen-bond acceptors (Lipinski definition) is 5. The van der Waals surface area contributed by atoms with Crippen molar-refractivity contribution in [2.24, 2.45) is 17.3 Å². The number of ether oxygens (including phenoxy) is 3. The maximum Gasteiger partial charge on any atom is 0.226 e. The van der Waals surface area contributed by atoms with E-state index < -0.39 is 5.41 Å². The highest BCUT2D eigenvalue weighted by Crippen LogP contribution is 2.45. The number of methoxy groups -OCH3 is 1. The Labute approximate surface area is 222 Å². The van der Waals surface area contributed by atoms with E-state index in [1.807, 2.05) is 6.07 Å². The second-order valence-electron chi connectivity index (χ2n) is 11.3. The van der Waals surface area contributed by atoms with Crippen LogP contribution in [0.3, 0.4) is 0 Å². The van der Waals surface area contributed by atoms with Crippen molar-refractivity contribution < 1.29 is 24.1 Å². The van der Waals surface area contributed by atoms with Gasteiger partial charge in [0.2, 0.25) is 5.91 Å². The van der Waals surface area contributed by atoms with Crippen molar-refractivity contribution in [3.63, 3.8) is 0 Å². The third kappa shape index (κ3) is 7.17. The molecular formula is C31H45NO5. The first-order valence-corrected chi connectivity index (χ1v) is 14.1. The highest BCUT2D eigenvalue weighted by Gasteiger charge is 2.44. The Balaban J connectivity index is 1.43. The van der Waals surface area contributed by atoms with E-state index in [4.69, 9.17) is 14.2 Å². The first-order valence-electron chi connectivity index (χ1n) is 14.1. The van der Waals surface area contributed by atoms with Crippen molar-refractivity contribution in [2.45, 2.75) is 83.1 Å². The summed E-state index contributed by atoms with van der Waals surface area (Å²) < 4.78 is 17.4. The Kier molecular flexibility index (Phi) is 9.71. The predicted octanol–water partition coefficient (Wildman–Crippen LogP) is 6.04. The van der Waals surface area contributed by atoms with Gasteiger partial charge in [0.05, 0.1) is 25.6 Å². The largest absolute Gasteiger partial charge is 0.513 e. The van der Waals surface area contributed by atoms with E-state index >= 15 is 0 Å². The zero-order valence-electron chi connectivity index (χ0n) is 22.6. The van der Waals surface area contributed by atoms with Crippen LogP contribution in [0, 0.1) is 17.3 Å². The second-order valence-corrected chi connectivity index (χ2v) is 11.3. The van der Waals surface area contributed by atoms with E-state index in [9.17, 15) is 9.90 Å². The quantitative estimate of drug-likeness (QED) is 0.249. The molecule has 6 nitrogen and oxygen atoms in total. The smallest absolute Gasteiger partial charge is 0.226 e. The van der Waals surface area contributed by atoms with Gasteiger partial charge in [0.1, 0.15) is 11.5 Å². The number of aryl methyl sites for hydroxylation is 2. The van der Waals surface area contributed by atoms with E-state index in [0.717, 1.165) is 70.0 Å². The van der Waals surface area contributed by atoms with E-state index in [0.29, 0.717) is 32.0 Å². The molecule has 0 bridgehead atoms. The van der Waals surface area contributed by atoms with Gasteiger partial charge in [-0.25, -0.2) is 0 Å². The van der Waals surface area contributed by atoms with Crippen molar-refractivity contribution in [2.75, 3.05) is 26.9 Å². The van der Waals surface area contributed by atoms with Crippen molar-refractivity contribution in [1.82, 2.24) is 5.32 Å². The number of hydrogen-bond donors (Lipinski definition) is 2. The van der Waals surface area contributed by atoms with Crippen LogP contribution in [0.4, 0.5) is 0 Å². The summed E-state index contributed by atoms with van der Waals surface area (Å²) in [5.41, 5.74) is 2.34. The molecular weight excluding hydrogens is 466 g/mol. The second kappa shape index (κ2) is 13.0. The third-order valence-corrected chi connectivity index (χ3v) is 8.74. The van der Waals surface area contributed by atoms with Crippen LogP contribution >= 0.6 is 0 Å². The van der Waals surface area contributed by atoms with Crippen molar-refractivity contribution >= 4 is 5.91 Å². The van der Waals surface area contributed by atoms with Crippen LogP contribution in [-0.4, -0.2) is 44.0 Å². The van der Waals surface area contributed by atoms with Crippen LogP contribution in [0.2, 0.25) is 0 Å². The number of nitrogens with one attached hydrogen (secondary N) is 1. The first-order chi connectivity index (χ1) is 17.9. The molecule has 6 heteroatoms. The number of benzene rings is 1. The number of carbonyl (C=O) groups excluding carboxylic acids is 1. The normalized spacial score (nSPS) is 23.3. The summed E-state index contributed by atoms with van der Waals surface area (Å²) in [4.78, 5) is 13.8. The Morgan fingerprint density at radius 1 is 1.08 bits per heavy atom. The fourth-order valence-corrected chi connectivity index (χ4v) is 6.44. The molecule has 1 amide bonds. The minimum absolute atomic E-state index is 0.0950. The summed E-state index contributed by atoms with van der Waals surface area (Å²) in [6.07, 6.45) is 11.5. The molecule has 0 aliphatic heterocycles. The van der Waals surface area contributed by atoms with E-state index in [1.165, 1.54) is 17.5 Å². The van der Waals surface area contributed by atoms with Crippen molar-refractivity contribution in [3.05, 3.63) is 54.0 Å². The zero-order valence-corrected chi connectivity index (χ0v) is 22.6. The number of amides is 1. The van der Waals surface area contributed by atoms with Gasteiger partial charge < -0.3 is 24.6 Å². The lowest BCUT2D eigenvalue weighted by molar-refractivity contribution is -0.133. The molecule has 3 aliphatic rings. The first kappa shape index (κ1) is 27.7. The molecule has 0 radical (unpaired) electrons. The SMILES string of the molecule is C=C(O)C1CCC(NC(=O)C2(C[C@@H](COCCOC)C(=C)Oc3ccc4c(c3)CCC4)CCCC2)CC1. The standard InChI is InChI=1S/C31H45NO5/c1-22(33)24-9-12-28(13-10-24)32-30(34)31(15-4-5-16-31)20-27(21-36-18-17-35-3)23(2)37-29-14-11-25-7-6-8-26(25)19-29/h11,14,19,24,27-28,33H,1-2,4-10,12-13,15-18,20-21H2,3H3,(H,32,34)/t24?,27-,28?/m0/s1. The molecule has 2 fully saturated rings. The van der Waals surface area contributed by atoms with Gasteiger partial charge in [0.25, 0.3) is 0 Å². The topological polar surface area (TPSA) is 77.0 Å². The monoisotopic (exact) mass is 511 g/mol. The molecule has 0 heterocycles. The van der Waals surface area contributed by atoms with Crippen LogP contribution in [0.1, 0.15) is 75.3 Å². The van der Waals surface area contributed by atoms with Crippen LogP contribution in [0.5, 0.6) is 5.75 Å². The van der Waals surface area contributed by atoms with Gasteiger partial charge in [-0.1, -0.05) is 32.1 Å². The lowest BCUT2D eigenvalue weighted by atomic mass is 9.75. The summed E-state index contributed by atoms with van der Waals surface area (Å²) in [5.74, 6) is 1.97. The lowest BCUT2D eigenvalue weighted by Gasteiger charge is -2.35. The maximum atomic E-state index is 13.8. The number of carbonyl (C=O) groups is 1. The van der Waals surface area contributed by atoms with Gasteiger partial charge in [-0.3, -0.25) is 4.79 Å². The molecule has 0 aromatic heterocycles. The van der Waals surface area contributed by atoms with Gasteiger partial charge >= 0.3 is 0 Å². The van der Waals surface area contributed by atoms with Crippen LogP contribution in [-0.2, 0) is 27.1 Å². The fourth-order valence-electron chi connectivity index (χ4n) is 6.44. The highest BCUT2D eigenvalue weighted by atomic mass is 16.5. The fraction of sp³-hybridized carbons (Fsp3) is 0.645. The molecule has 0 spiro atoms. The molecule has 3 aliphatic carbocycles. The maximum absolute atomic E-state index is 13.8. The molecule has 204 valence electrons. The van der Waals surface area contributed by atoms with Crippen molar-refractivity contribution in [3.8, 4) is 5.75 Å². The highest BCUT2D eigenvalue weighted by molar-refractivity contribution is 5.83. The number of aliphatic hydroxyl groups is 1. The number of allylic oxidation sites excluding steroid dienone is 1. The summed E-state index contributed by atoms with van der Waals surface area (Å²) in [7, 11) is 1.67. The molecule has 37 heavy (non-hydrogen) atoms. The van der Waals surface area contributed by atoms with Crippen LogP contribution < -0.4 is 10.1 Å². The lowest BCUT2D eigenvalue weighted by Crippen LogP contribution is -2.47. The van der Waals surface area contributed by atoms with Crippen LogP contribution in [0.15, 0.2) is 42.9 Å². The van der Waals surface area contributed by atoms with Gasteiger partial charge in [-0.2, -0.15) is 0 Å². The van der Waals surface area contributed by atoms with E-state index in [-0.39, 0.29) is 29.5 Å². The molecule has 1 atom stereocenters.